The number of ether oxygens (including phenoxy) is 2. The monoisotopic (exact) mass is 383 g/mol. The van der Waals surface area contributed by atoms with Crippen molar-refractivity contribution in [1.82, 2.24) is 15.5 Å². The minimum atomic E-state index is -0.287. The van der Waals surface area contributed by atoms with Crippen LogP contribution in [0.5, 0.6) is 5.75 Å². The van der Waals surface area contributed by atoms with E-state index in [0.29, 0.717) is 50.7 Å². The highest BCUT2D eigenvalue weighted by atomic mass is 35.5. The molecular formula is C18H26ClN3O4. The topological polar surface area (TPSA) is 79.9 Å². The summed E-state index contributed by atoms with van der Waals surface area (Å²) in [5.41, 5.74) is 0.948. The molecule has 3 amide bonds. The lowest BCUT2D eigenvalue weighted by atomic mass is 10.1. The molecule has 0 aliphatic carbocycles. The summed E-state index contributed by atoms with van der Waals surface area (Å²) in [7, 11) is 0. The Morgan fingerprint density at radius 3 is 2.69 bits per heavy atom. The number of nitrogens with zero attached hydrogens (tertiary/aromatic N) is 1. The number of likely N-dealkylation sites (tertiary alicyclic amines) is 1. The molecule has 0 spiro atoms. The second kappa shape index (κ2) is 10.1. The summed E-state index contributed by atoms with van der Waals surface area (Å²) < 4.78 is 10.6. The standard InChI is InChI=1S/C18H26ClN3O4/c1-3-25-18(24)22-9-6-14(7-10-22)21-17(23)20-8-11-26-15-4-5-16(19)13(2)12-15/h4-5,12,14H,3,6-11H2,1-2H3,(H2,20,21,23). The molecule has 1 aliphatic heterocycles. The number of carbonyl (C=O) groups excluding carboxylic acids is 2. The van der Waals surface area contributed by atoms with Crippen LogP contribution >= 0.6 is 11.6 Å². The molecule has 2 N–H and O–H groups in total. The highest BCUT2D eigenvalue weighted by molar-refractivity contribution is 6.31. The van der Waals surface area contributed by atoms with Crippen molar-refractivity contribution < 1.29 is 19.1 Å². The number of amides is 3. The van der Waals surface area contributed by atoms with Gasteiger partial charge in [-0.25, -0.2) is 9.59 Å². The fourth-order valence-electron chi connectivity index (χ4n) is 2.70. The number of hydrogen-bond acceptors (Lipinski definition) is 4. The predicted octanol–water partition coefficient (Wildman–Crippen LogP) is 2.95. The van der Waals surface area contributed by atoms with Crippen LogP contribution in [0.1, 0.15) is 25.3 Å². The van der Waals surface area contributed by atoms with Gasteiger partial charge in [-0.15, -0.1) is 0 Å². The van der Waals surface area contributed by atoms with Crippen molar-refractivity contribution in [2.24, 2.45) is 0 Å². The van der Waals surface area contributed by atoms with Gasteiger partial charge in [-0.05, 0) is 50.5 Å². The Morgan fingerprint density at radius 2 is 2.04 bits per heavy atom. The maximum atomic E-state index is 11.9. The molecule has 0 radical (unpaired) electrons. The molecule has 26 heavy (non-hydrogen) atoms. The third kappa shape index (κ3) is 6.29. The zero-order valence-electron chi connectivity index (χ0n) is 15.2. The van der Waals surface area contributed by atoms with Gasteiger partial charge in [0.2, 0.25) is 0 Å². The number of halogens is 1. The van der Waals surface area contributed by atoms with Crippen molar-refractivity contribution in [2.75, 3.05) is 32.8 Å². The van der Waals surface area contributed by atoms with Gasteiger partial charge < -0.3 is 25.0 Å². The first-order valence-corrected chi connectivity index (χ1v) is 9.22. The number of benzene rings is 1. The Morgan fingerprint density at radius 1 is 1.31 bits per heavy atom. The van der Waals surface area contributed by atoms with Crippen LogP contribution in [0.2, 0.25) is 5.02 Å². The van der Waals surface area contributed by atoms with E-state index in [-0.39, 0.29) is 18.2 Å². The van der Waals surface area contributed by atoms with Crippen LogP contribution < -0.4 is 15.4 Å². The zero-order valence-corrected chi connectivity index (χ0v) is 16.0. The van der Waals surface area contributed by atoms with E-state index in [1.165, 1.54) is 0 Å². The van der Waals surface area contributed by atoms with Crippen LogP contribution in [-0.2, 0) is 4.74 Å². The number of rotatable bonds is 6. The lowest BCUT2D eigenvalue weighted by Crippen LogP contribution is -2.49. The lowest BCUT2D eigenvalue weighted by molar-refractivity contribution is 0.0957. The molecule has 2 rings (SSSR count). The van der Waals surface area contributed by atoms with E-state index >= 15 is 0 Å². The van der Waals surface area contributed by atoms with Crippen molar-refractivity contribution in [3.05, 3.63) is 28.8 Å². The molecular weight excluding hydrogens is 358 g/mol. The fourth-order valence-corrected chi connectivity index (χ4v) is 2.82. The minimum Gasteiger partial charge on any atom is -0.492 e. The van der Waals surface area contributed by atoms with E-state index < -0.39 is 0 Å². The number of carbonyl (C=O) groups is 2. The fraction of sp³-hybridized carbons (Fsp3) is 0.556. The second-order valence-electron chi connectivity index (χ2n) is 6.12. The quantitative estimate of drug-likeness (QED) is 0.740. The zero-order chi connectivity index (χ0) is 18.9. The predicted molar refractivity (Wildman–Crippen MR) is 99.8 cm³/mol. The van der Waals surface area contributed by atoms with Crippen LogP contribution in [0.15, 0.2) is 18.2 Å². The van der Waals surface area contributed by atoms with Gasteiger partial charge in [-0.3, -0.25) is 0 Å². The number of piperidine rings is 1. The molecule has 7 nitrogen and oxygen atoms in total. The molecule has 0 atom stereocenters. The summed E-state index contributed by atoms with van der Waals surface area (Å²) in [5, 5.41) is 6.40. The first kappa shape index (κ1) is 20.2. The third-order valence-electron chi connectivity index (χ3n) is 4.14. The van der Waals surface area contributed by atoms with Crippen molar-refractivity contribution in [2.45, 2.75) is 32.7 Å². The molecule has 1 aromatic carbocycles. The summed E-state index contributed by atoms with van der Waals surface area (Å²) in [6.45, 7) is 6.01. The summed E-state index contributed by atoms with van der Waals surface area (Å²) in [6.07, 6.45) is 1.14. The lowest BCUT2D eigenvalue weighted by Gasteiger charge is -2.31. The van der Waals surface area contributed by atoms with Crippen LogP contribution in [0.4, 0.5) is 9.59 Å². The van der Waals surface area contributed by atoms with Crippen molar-refractivity contribution in [3.8, 4) is 5.75 Å². The van der Waals surface area contributed by atoms with Gasteiger partial charge in [0.25, 0.3) is 0 Å². The maximum absolute atomic E-state index is 11.9. The van der Waals surface area contributed by atoms with Gasteiger partial charge in [0, 0.05) is 24.2 Å². The normalized spacial score (nSPS) is 14.7. The van der Waals surface area contributed by atoms with E-state index in [0.717, 1.165) is 11.3 Å². The maximum Gasteiger partial charge on any atom is 0.409 e. The minimum absolute atomic E-state index is 0.0560. The first-order valence-electron chi connectivity index (χ1n) is 8.84. The second-order valence-corrected chi connectivity index (χ2v) is 6.53. The summed E-state index contributed by atoms with van der Waals surface area (Å²) >= 11 is 5.97. The van der Waals surface area contributed by atoms with Crippen molar-refractivity contribution >= 4 is 23.7 Å². The Labute approximate surface area is 159 Å². The molecule has 0 unspecified atom stereocenters. The molecule has 144 valence electrons. The van der Waals surface area contributed by atoms with Gasteiger partial charge in [-0.1, -0.05) is 11.6 Å². The van der Waals surface area contributed by atoms with E-state index in [2.05, 4.69) is 10.6 Å². The Balaban J connectivity index is 1.60. The van der Waals surface area contributed by atoms with Gasteiger partial charge in [0.05, 0.1) is 13.2 Å². The summed E-state index contributed by atoms with van der Waals surface area (Å²) in [6, 6.07) is 5.28. The Kier molecular flexibility index (Phi) is 7.84. The van der Waals surface area contributed by atoms with Crippen LogP contribution in [0.25, 0.3) is 0 Å². The third-order valence-corrected chi connectivity index (χ3v) is 4.57. The van der Waals surface area contributed by atoms with E-state index in [4.69, 9.17) is 21.1 Å². The largest absolute Gasteiger partial charge is 0.492 e. The van der Waals surface area contributed by atoms with Gasteiger partial charge in [0.15, 0.2) is 0 Å². The molecule has 0 bridgehead atoms. The average Bonchev–Trinajstić information content (AvgIpc) is 2.62. The van der Waals surface area contributed by atoms with E-state index in [1.807, 2.05) is 13.0 Å². The SMILES string of the molecule is CCOC(=O)N1CCC(NC(=O)NCCOc2ccc(Cl)c(C)c2)CC1. The van der Waals surface area contributed by atoms with Gasteiger partial charge in [0.1, 0.15) is 12.4 Å². The number of aryl methyl sites for hydroxylation is 1. The number of nitrogens with one attached hydrogen (secondary N) is 2. The number of hydrogen-bond donors (Lipinski definition) is 2. The average molecular weight is 384 g/mol. The molecule has 1 aliphatic rings. The number of urea groups is 1. The molecule has 1 heterocycles. The highest BCUT2D eigenvalue weighted by Gasteiger charge is 2.24. The highest BCUT2D eigenvalue weighted by Crippen LogP contribution is 2.20. The Bertz CT molecular complexity index is 618. The molecule has 1 fully saturated rings. The van der Waals surface area contributed by atoms with Gasteiger partial charge in [-0.2, -0.15) is 0 Å². The van der Waals surface area contributed by atoms with Crippen LogP contribution in [-0.4, -0.2) is 55.9 Å². The van der Waals surface area contributed by atoms with E-state index in [1.54, 1.807) is 24.0 Å². The smallest absolute Gasteiger partial charge is 0.409 e. The molecule has 1 saturated heterocycles. The molecule has 1 aromatic rings. The van der Waals surface area contributed by atoms with E-state index in [9.17, 15) is 9.59 Å². The van der Waals surface area contributed by atoms with Crippen LogP contribution in [0.3, 0.4) is 0 Å². The summed E-state index contributed by atoms with van der Waals surface area (Å²) in [5.74, 6) is 0.723. The van der Waals surface area contributed by atoms with Crippen molar-refractivity contribution in [3.63, 3.8) is 0 Å². The molecule has 0 saturated carbocycles. The molecule has 0 aromatic heterocycles. The molecule has 8 heteroatoms. The van der Waals surface area contributed by atoms with Crippen LogP contribution in [0, 0.1) is 6.92 Å². The summed E-state index contributed by atoms with van der Waals surface area (Å²) in [4.78, 5) is 25.2. The first-order chi connectivity index (χ1) is 12.5. The van der Waals surface area contributed by atoms with Gasteiger partial charge >= 0.3 is 12.1 Å². The Hall–Kier alpha value is -2.15. The van der Waals surface area contributed by atoms with Crippen molar-refractivity contribution in [1.29, 1.82) is 0 Å².